The number of hydrogen-bond acceptors (Lipinski definition) is 4. The second-order valence-corrected chi connectivity index (χ2v) is 4.47. The molecule has 84 valence electrons. The van der Waals surface area contributed by atoms with Crippen molar-refractivity contribution in [2.45, 2.75) is 12.3 Å². The SMILES string of the molecule is CC(Cl)CN(C)c1ccc2nccnc2n1. The van der Waals surface area contributed by atoms with E-state index in [4.69, 9.17) is 11.6 Å². The number of hydrogen-bond donors (Lipinski definition) is 0. The Labute approximate surface area is 99.3 Å². The average molecular weight is 237 g/mol. The summed E-state index contributed by atoms with van der Waals surface area (Å²) in [7, 11) is 1.96. The Hall–Kier alpha value is -1.42. The standard InChI is InChI=1S/C11H13ClN4/c1-8(12)7-16(2)10-4-3-9-11(15-10)14-6-5-13-9/h3-6,8H,7H2,1-2H3. The van der Waals surface area contributed by atoms with Crippen molar-refractivity contribution >= 4 is 28.6 Å². The van der Waals surface area contributed by atoms with Crippen LogP contribution in [0.4, 0.5) is 5.82 Å². The van der Waals surface area contributed by atoms with Gasteiger partial charge in [-0.05, 0) is 19.1 Å². The highest BCUT2D eigenvalue weighted by molar-refractivity contribution is 6.20. The third kappa shape index (κ3) is 2.39. The maximum atomic E-state index is 5.94. The minimum absolute atomic E-state index is 0.0874. The minimum atomic E-state index is 0.0874. The van der Waals surface area contributed by atoms with Crippen molar-refractivity contribution in [2.75, 3.05) is 18.5 Å². The molecule has 0 radical (unpaired) electrons. The molecule has 16 heavy (non-hydrogen) atoms. The van der Waals surface area contributed by atoms with Crippen LogP contribution >= 0.6 is 11.6 Å². The lowest BCUT2D eigenvalue weighted by atomic mass is 10.3. The third-order valence-electron chi connectivity index (χ3n) is 2.23. The van der Waals surface area contributed by atoms with Crippen molar-refractivity contribution in [1.29, 1.82) is 0 Å². The third-order valence-corrected chi connectivity index (χ3v) is 2.37. The van der Waals surface area contributed by atoms with E-state index in [1.165, 1.54) is 0 Å². The first-order valence-corrected chi connectivity index (χ1v) is 5.53. The van der Waals surface area contributed by atoms with Crippen LogP contribution in [0.25, 0.3) is 11.2 Å². The first-order chi connectivity index (χ1) is 7.66. The van der Waals surface area contributed by atoms with E-state index in [9.17, 15) is 0 Å². The van der Waals surface area contributed by atoms with Crippen molar-refractivity contribution < 1.29 is 0 Å². The Balaban J connectivity index is 2.32. The van der Waals surface area contributed by atoms with Crippen LogP contribution in [-0.4, -0.2) is 33.9 Å². The Bertz CT molecular complexity index is 486. The summed E-state index contributed by atoms with van der Waals surface area (Å²) in [6.07, 6.45) is 3.30. The molecule has 2 rings (SSSR count). The molecular weight excluding hydrogens is 224 g/mol. The fourth-order valence-electron chi connectivity index (χ4n) is 1.53. The molecule has 0 aliphatic rings. The summed E-state index contributed by atoms with van der Waals surface area (Å²) in [5.74, 6) is 0.862. The highest BCUT2D eigenvalue weighted by Gasteiger charge is 2.07. The molecule has 0 bridgehead atoms. The first kappa shape index (κ1) is 11.1. The van der Waals surface area contributed by atoms with Gasteiger partial charge in [-0.3, -0.25) is 4.98 Å². The highest BCUT2D eigenvalue weighted by atomic mass is 35.5. The molecule has 1 unspecified atom stereocenters. The minimum Gasteiger partial charge on any atom is -0.358 e. The Morgan fingerprint density at radius 1 is 1.31 bits per heavy atom. The topological polar surface area (TPSA) is 41.9 Å². The molecule has 2 aromatic rings. The lowest BCUT2D eigenvalue weighted by Crippen LogP contribution is -2.24. The van der Waals surface area contributed by atoms with Gasteiger partial charge in [-0.2, -0.15) is 0 Å². The largest absolute Gasteiger partial charge is 0.358 e. The van der Waals surface area contributed by atoms with Crippen LogP contribution < -0.4 is 4.90 Å². The molecule has 0 aliphatic carbocycles. The van der Waals surface area contributed by atoms with Crippen molar-refractivity contribution in [1.82, 2.24) is 15.0 Å². The van der Waals surface area contributed by atoms with Gasteiger partial charge in [0, 0.05) is 31.4 Å². The van der Waals surface area contributed by atoms with E-state index in [0.717, 1.165) is 17.9 Å². The molecule has 5 heteroatoms. The van der Waals surface area contributed by atoms with Gasteiger partial charge in [0.25, 0.3) is 0 Å². The number of nitrogens with zero attached hydrogens (tertiary/aromatic N) is 4. The summed E-state index contributed by atoms with van der Waals surface area (Å²) in [6.45, 7) is 2.71. The Morgan fingerprint density at radius 2 is 2.06 bits per heavy atom. The van der Waals surface area contributed by atoms with E-state index in [-0.39, 0.29) is 5.38 Å². The summed E-state index contributed by atoms with van der Waals surface area (Å²) in [5.41, 5.74) is 1.47. The number of fused-ring (bicyclic) bond motifs is 1. The van der Waals surface area contributed by atoms with Crippen LogP contribution in [0.2, 0.25) is 0 Å². The average Bonchev–Trinajstić information content (AvgIpc) is 2.27. The van der Waals surface area contributed by atoms with E-state index in [0.29, 0.717) is 5.65 Å². The van der Waals surface area contributed by atoms with E-state index in [1.54, 1.807) is 12.4 Å². The van der Waals surface area contributed by atoms with Gasteiger partial charge < -0.3 is 4.90 Å². The number of pyridine rings is 1. The predicted octanol–water partition coefficient (Wildman–Crippen LogP) is 2.09. The molecule has 0 aromatic carbocycles. The summed E-state index contributed by atoms with van der Waals surface area (Å²) in [5, 5.41) is 0.0874. The van der Waals surface area contributed by atoms with Gasteiger partial charge in [0.1, 0.15) is 11.3 Å². The lowest BCUT2D eigenvalue weighted by Gasteiger charge is -2.19. The van der Waals surface area contributed by atoms with Crippen LogP contribution in [-0.2, 0) is 0 Å². The lowest BCUT2D eigenvalue weighted by molar-refractivity contribution is 0.846. The number of rotatable bonds is 3. The normalized spacial score (nSPS) is 12.7. The first-order valence-electron chi connectivity index (χ1n) is 5.10. The van der Waals surface area contributed by atoms with E-state index in [1.807, 2.05) is 31.0 Å². The molecule has 2 heterocycles. The molecule has 2 aromatic heterocycles. The van der Waals surface area contributed by atoms with Gasteiger partial charge >= 0.3 is 0 Å². The van der Waals surface area contributed by atoms with Gasteiger partial charge in [-0.25, -0.2) is 9.97 Å². The molecule has 1 atom stereocenters. The van der Waals surface area contributed by atoms with Crippen LogP contribution in [0, 0.1) is 0 Å². The molecule has 0 N–H and O–H groups in total. The van der Waals surface area contributed by atoms with Crippen molar-refractivity contribution in [3.8, 4) is 0 Å². The zero-order valence-electron chi connectivity index (χ0n) is 9.26. The quantitative estimate of drug-likeness (QED) is 0.766. The van der Waals surface area contributed by atoms with Crippen LogP contribution in [0.5, 0.6) is 0 Å². The summed E-state index contributed by atoms with van der Waals surface area (Å²) < 4.78 is 0. The second kappa shape index (κ2) is 4.61. The second-order valence-electron chi connectivity index (χ2n) is 3.73. The Kier molecular flexibility index (Phi) is 3.19. The van der Waals surface area contributed by atoms with Gasteiger partial charge in [0.05, 0.1) is 0 Å². The highest BCUT2D eigenvalue weighted by Crippen LogP contribution is 2.14. The van der Waals surface area contributed by atoms with E-state index < -0.39 is 0 Å². The van der Waals surface area contributed by atoms with Gasteiger partial charge in [0.2, 0.25) is 0 Å². The molecular formula is C11H13ClN4. The summed E-state index contributed by atoms with van der Waals surface area (Å²) >= 11 is 5.94. The number of aromatic nitrogens is 3. The van der Waals surface area contributed by atoms with E-state index >= 15 is 0 Å². The van der Waals surface area contributed by atoms with Crippen LogP contribution in [0.3, 0.4) is 0 Å². The molecule has 4 nitrogen and oxygen atoms in total. The number of halogens is 1. The maximum absolute atomic E-state index is 5.94. The zero-order chi connectivity index (χ0) is 11.5. The molecule has 0 saturated carbocycles. The molecule has 0 spiro atoms. The molecule has 0 saturated heterocycles. The molecule has 0 amide bonds. The molecule has 0 aliphatic heterocycles. The molecule has 0 fully saturated rings. The van der Waals surface area contributed by atoms with Crippen molar-refractivity contribution in [2.24, 2.45) is 0 Å². The zero-order valence-corrected chi connectivity index (χ0v) is 10.0. The number of alkyl halides is 1. The van der Waals surface area contributed by atoms with Crippen molar-refractivity contribution in [3.63, 3.8) is 0 Å². The van der Waals surface area contributed by atoms with Crippen molar-refractivity contribution in [3.05, 3.63) is 24.5 Å². The van der Waals surface area contributed by atoms with Crippen LogP contribution in [0.15, 0.2) is 24.5 Å². The number of anilines is 1. The Morgan fingerprint density at radius 3 is 2.81 bits per heavy atom. The fourth-order valence-corrected chi connectivity index (χ4v) is 1.73. The van der Waals surface area contributed by atoms with Gasteiger partial charge in [-0.15, -0.1) is 11.6 Å². The monoisotopic (exact) mass is 236 g/mol. The summed E-state index contributed by atoms with van der Waals surface area (Å²) in [6, 6.07) is 3.84. The maximum Gasteiger partial charge on any atom is 0.180 e. The van der Waals surface area contributed by atoms with Crippen LogP contribution in [0.1, 0.15) is 6.92 Å². The predicted molar refractivity (Wildman–Crippen MR) is 65.9 cm³/mol. The summed E-state index contributed by atoms with van der Waals surface area (Å²) in [4.78, 5) is 14.8. The van der Waals surface area contributed by atoms with E-state index in [2.05, 4.69) is 15.0 Å². The smallest absolute Gasteiger partial charge is 0.180 e. The fraction of sp³-hybridized carbons (Fsp3) is 0.364. The van der Waals surface area contributed by atoms with Gasteiger partial charge in [-0.1, -0.05) is 0 Å². The van der Waals surface area contributed by atoms with Gasteiger partial charge in [0.15, 0.2) is 5.65 Å².